The third kappa shape index (κ3) is 5.13. The van der Waals surface area contributed by atoms with Crippen LogP contribution in [0.4, 0.5) is 5.13 Å². The van der Waals surface area contributed by atoms with E-state index in [0.717, 1.165) is 11.7 Å². The van der Waals surface area contributed by atoms with Gasteiger partial charge in [-0.05, 0) is 6.42 Å². The summed E-state index contributed by atoms with van der Waals surface area (Å²) >= 11 is 1.65. The summed E-state index contributed by atoms with van der Waals surface area (Å²) in [6.45, 7) is 7.23. The summed E-state index contributed by atoms with van der Waals surface area (Å²) in [5.41, 5.74) is 0. The van der Waals surface area contributed by atoms with E-state index in [9.17, 15) is 0 Å². The molecule has 3 heteroatoms. The molecule has 2 nitrogen and oxygen atoms in total. The summed E-state index contributed by atoms with van der Waals surface area (Å²) in [6.07, 6.45) is 4.27. The Morgan fingerprint density at radius 3 is 2.75 bits per heavy atom. The number of thiazole rings is 1. The second-order valence-corrected chi connectivity index (χ2v) is 3.01. The highest BCUT2D eigenvalue weighted by Gasteiger charge is 1.89. The van der Waals surface area contributed by atoms with Gasteiger partial charge in [0.05, 0.1) is 0 Å². The summed E-state index contributed by atoms with van der Waals surface area (Å²) < 4.78 is 0. The number of aromatic nitrogens is 1. The predicted molar refractivity (Wildman–Crippen MR) is 56.9 cm³/mol. The number of anilines is 1. The van der Waals surface area contributed by atoms with Crippen LogP contribution in [-0.2, 0) is 0 Å². The zero-order valence-corrected chi connectivity index (χ0v) is 8.95. The molecular weight excluding hydrogens is 168 g/mol. The number of nitrogens with zero attached hydrogens (tertiary/aromatic N) is 1. The molecule has 12 heavy (non-hydrogen) atoms. The van der Waals surface area contributed by atoms with E-state index in [1.165, 1.54) is 12.8 Å². The number of unbranched alkanes of at least 4 members (excludes halogenated alkanes) is 1. The van der Waals surface area contributed by atoms with Crippen LogP contribution in [0.3, 0.4) is 0 Å². The van der Waals surface area contributed by atoms with Crippen molar-refractivity contribution in [2.45, 2.75) is 33.6 Å². The highest BCUT2D eigenvalue weighted by atomic mass is 32.1. The van der Waals surface area contributed by atoms with E-state index >= 15 is 0 Å². The number of hydrogen-bond acceptors (Lipinski definition) is 3. The van der Waals surface area contributed by atoms with Gasteiger partial charge in [-0.1, -0.05) is 27.2 Å². The summed E-state index contributed by atoms with van der Waals surface area (Å²) in [7, 11) is 0. The highest BCUT2D eigenvalue weighted by Crippen LogP contribution is 2.09. The molecule has 0 unspecified atom stereocenters. The van der Waals surface area contributed by atoms with Gasteiger partial charge in [0.2, 0.25) is 0 Å². The van der Waals surface area contributed by atoms with E-state index in [0.29, 0.717) is 0 Å². The molecule has 1 rings (SSSR count). The number of rotatable bonds is 4. The van der Waals surface area contributed by atoms with Crippen LogP contribution in [0.25, 0.3) is 0 Å². The Kier molecular flexibility index (Phi) is 8.12. The Morgan fingerprint density at radius 2 is 2.25 bits per heavy atom. The van der Waals surface area contributed by atoms with Gasteiger partial charge in [0.1, 0.15) is 0 Å². The smallest absolute Gasteiger partial charge is 0.182 e. The van der Waals surface area contributed by atoms with Gasteiger partial charge in [-0.2, -0.15) is 0 Å². The second kappa shape index (κ2) is 8.53. The molecule has 0 bridgehead atoms. The lowest BCUT2D eigenvalue weighted by atomic mass is 10.3. The number of hydrogen-bond donors (Lipinski definition) is 1. The second-order valence-electron chi connectivity index (χ2n) is 2.12. The van der Waals surface area contributed by atoms with Gasteiger partial charge in [-0.25, -0.2) is 4.98 Å². The fourth-order valence-electron chi connectivity index (χ4n) is 0.683. The van der Waals surface area contributed by atoms with Crippen LogP contribution in [0.5, 0.6) is 0 Å². The first-order valence-electron chi connectivity index (χ1n) is 4.57. The maximum absolute atomic E-state index is 4.10. The average molecular weight is 186 g/mol. The van der Waals surface area contributed by atoms with Gasteiger partial charge in [0.25, 0.3) is 0 Å². The van der Waals surface area contributed by atoms with E-state index in [4.69, 9.17) is 0 Å². The summed E-state index contributed by atoms with van der Waals surface area (Å²) in [6, 6.07) is 0. The van der Waals surface area contributed by atoms with E-state index in [2.05, 4.69) is 17.2 Å². The Bertz CT molecular complexity index is 161. The molecule has 1 heterocycles. The first-order chi connectivity index (χ1) is 5.93. The lowest BCUT2D eigenvalue weighted by Crippen LogP contribution is -1.99. The SMILES string of the molecule is CC.CCCCNc1nccs1. The molecule has 0 amide bonds. The van der Waals surface area contributed by atoms with Crippen LogP contribution < -0.4 is 5.32 Å². The Balaban J connectivity index is 0.000000561. The molecule has 0 saturated carbocycles. The van der Waals surface area contributed by atoms with Gasteiger partial charge in [-0.15, -0.1) is 11.3 Å². The van der Waals surface area contributed by atoms with Gasteiger partial charge >= 0.3 is 0 Å². The minimum atomic E-state index is 1.04. The van der Waals surface area contributed by atoms with Crippen molar-refractivity contribution in [2.24, 2.45) is 0 Å². The molecule has 1 aromatic rings. The molecule has 1 N–H and O–H groups in total. The quantitative estimate of drug-likeness (QED) is 0.729. The van der Waals surface area contributed by atoms with Crippen molar-refractivity contribution < 1.29 is 0 Å². The Hall–Kier alpha value is -0.570. The van der Waals surface area contributed by atoms with Crippen molar-refractivity contribution in [3.05, 3.63) is 11.6 Å². The maximum atomic E-state index is 4.10. The molecule has 0 radical (unpaired) electrons. The van der Waals surface area contributed by atoms with Crippen molar-refractivity contribution in [2.75, 3.05) is 11.9 Å². The van der Waals surface area contributed by atoms with Gasteiger partial charge in [-0.3, -0.25) is 0 Å². The minimum Gasteiger partial charge on any atom is -0.362 e. The molecule has 0 aliphatic carbocycles. The zero-order valence-electron chi connectivity index (χ0n) is 8.13. The normalized spacial score (nSPS) is 8.58. The molecule has 0 aliphatic heterocycles. The van der Waals surface area contributed by atoms with Crippen molar-refractivity contribution in [1.29, 1.82) is 0 Å². The van der Waals surface area contributed by atoms with Crippen LogP contribution in [-0.4, -0.2) is 11.5 Å². The van der Waals surface area contributed by atoms with E-state index in [1.54, 1.807) is 11.3 Å². The molecule has 0 aliphatic rings. The molecule has 0 saturated heterocycles. The van der Waals surface area contributed by atoms with Crippen LogP contribution >= 0.6 is 11.3 Å². The maximum Gasteiger partial charge on any atom is 0.182 e. The van der Waals surface area contributed by atoms with Crippen LogP contribution in [0.2, 0.25) is 0 Å². The molecule has 1 aromatic heterocycles. The Morgan fingerprint density at radius 1 is 1.50 bits per heavy atom. The summed E-state index contributed by atoms with van der Waals surface area (Å²) in [4.78, 5) is 4.10. The molecule has 0 spiro atoms. The van der Waals surface area contributed by atoms with Crippen LogP contribution in [0.1, 0.15) is 33.6 Å². The standard InChI is InChI=1S/C7H12N2S.C2H6/c1-2-3-4-8-7-9-5-6-10-7;1-2/h5-6H,2-4H2,1H3,(H,8,9);1-2H3. The molecule has 0 atom stereocenters. The van der Waals surface area contributed by atoms with E-state index < -0.39 is 0 Å². The lowest BCUT2D eigenvalue weighted by Gasteiger charge is -1.97. The highest BCUT2D eigenvalue weighted by molar-refractivity contribution is 7.13. The van der Waals surface area contributed by atoms with Crippen LogP contribution in [0, 0.1) is 0 Å². The minimum absolute atomic E-state index is 1.04. The van der Waals surface area contributed by atoms with Crippen molar-refractivity contribution in [1.82, 2.24) is 4.98 Å². The fourth-order valence-corrected chi connectivity index (χ4v) is 1.24. The van der Waals surface area contributed by atoms with E-state index in [-0.39, 0.29) is 0 Å². The van der Waals surface area contributed by atoms with Crippen molar-refractivity contribution >= 4 is 16.5 Å². The number of nitrogens with one attached hydrogen (secondary N) is 1. The van der Waals surface area contributed by atoms with Gasteiger partial charge < -0.3 is 5.32 Å². The fraction of sp³-hybridized carbons (Fsp3) is 0.667. The summed E-state index contributed by atoms with van der Waals surface area (Å²) in [5.74, 6) is 0. The first-order valence-corrected chi connectivity index (χ1v) is 5.45. The van der Waals surface area contributed by atoms with Crippen LogP contribution in [0.15, 0.2) is 11.6 Å². The third-order valence-corrected chi connectivity index (χ3v) is 1.97. The Labute approximate surface area is 79.0 Å². The van der Waals surface area contributed by atoms with Crippen molar-refractivity contribution in [3.63, 3.8) is 0 Å². The monoisotopic (exact) mass is 186 g/mol. The first kappa shape index (κ1) is 11.4. The lowest BCUT2D eigenvalue weighted by molar-refractivity contribution is 0.833. The predicted octanol–water partition coefficient (Wildman–Crippen LogP) is 3.38. The topological polar surface area (TPSA) is 24.9 Å². The summed E-state index contributed by atoms with van der Waals surface area (Å²) in [5, 5.41) is 6.25. The van der Waals surface area contributed by atoms with E-state index in [1.807, 2.05) is 25.4 Å². The molecule has 0 aromatic carbocycles. The third-order valence-electron chi connectivity index (χ3n) is 1.24. The largest absolute Gasteiger partial charge is 0.362 e. The van der Waals surface area contributed by atoms with Gasteiger partial charge in [0, 0.05) is 18.1 Å². The molecular formula is C9H18N2S. The zero-order chi connectivity index (χ0) is 9.23. The molecule has 0 fully saturated rings. The average Bonchev–Trinajstić information content (AvgIpc) is 2.61. The van der Waals surface area contributed by atoms with Crippen molar-refractivity contribution in [3.8, 4) is 0 Å². The van der Waals surface area contributed by atoms with Gasteiger partial charge in [0.15, 0.2) is 5.13 Å². The molecule has 70 valence electrons.